The standard InChI is InChI=1S/C21H37N7O3/c1-21(2,3)18(20(31)27-14-16(29)12-17(27)19(30)22-4)28-13-15(23-24-28)6-7-26-10-8-25(5)9-11-26/h13,16-18,29H,6-12,14H2,1-5H3,(H,22,30)/t16-,17+,18-/m1/s1. The Bertz CT molecular complexity index is 767. The van der Waals surface area contributed by atoms with Crippen molar-refractivity contribution in [3.63, 3.8) is 0 Å². The lowest BCUT2D eigenvalue weighted by molar-refractivity contribution is -0.144. The Morgan fingerprint density at radius 3 is 2.55 bits per heavy atom. The molecule has 0 saturated carbocycles. The van der Waals surface area contributed by atoms with Crippen LogP contribution < -0.4 is 5.32 Å². The third kappa shape index (κ3) is 5.61. The zero-order valence-electron chi connectivity index (χ0n) is 19.4. The highest BCUT2D eigenvalue weighted by Gasteiger charge is 2.45. The number of amides is 2. The van der Waals surface area contributed by atoms with E-state index in [0.717, 1.165) is 44.8 Å². The maximum absolute atomic E-state index is 13.5. The molecule has 1 aromatic heterocycles. The number of hydrogen-bond donors (Lipinski definition) is 2. The predicted molar refractivity (Wildman–Crippen MR) is 116 cm³/mol. The van der Waals surface area contributed by atoms with E-state index in [9.17, 15) is 14.7 Å². The van der Waals surface area contributed by atoms with Crippen LogP contribution in [-0.2, 0) is 16.0 Å². The molecule has 2 aliphatic rings. The second-order valence-electron chi connectivity index (χ2n) is 9.86. The average Bonchev–Trinajstić information content (AvgIpc) is 3.32. The van der Waals surface area contributed by atoms with E-state index in [1.807, 2.05) is 27.0 Å². The van der Waals surface area contributed by atoms with Crippen molar-refractivity contribution in [2.75, 3.05) is 53.4 Å². The van der Waals surface area contributed by atoms with Gasteiger partial charge in [0, 0.05) is 65.4 Å². The molecule has 10 nitrogen and oxygen atoms in total. The number of rotatable bonds is 6. The van der Waals surface area contributed by atoms with Gasteiger partial charge in [-0.2, -0.15) is 0 Å². The molecule has 1 aromatic rings. The molecule has 2 saturated heterocycles. The van der Waals surface area contributed by atoms with Gasteiger partial charge in [0.1, 0.15) is 12.1 Å². The number of β-amino-alcohol motifs (C(OH)–C–C–N with tert-alkyl or cyclic N) is 1. The number of likely N-dealkylation sites (N-methyl/N-ethyl adjacent to an activating group) is 2. The number of hydrogen-bond acceptors (Lipinski definition) is 7. The maximum Gasteiger partial charge on any atom is 0.248 e. The molecule has 0 spiro atoms. The number of aliphatic hydroxyl groups excluding tert-OH is 1. The zero-order chi connectivity index (χ0) is 22.8. The van der Waals surface area contributed by atoms with Crippen LogP contribution in [0.1, 0.15) is 38.9 Å². The highest BCUT2D eigenvalue weighted by molar-refractivity contribution is 5.90. The molecule has 2 aliphatic heterocycles. The Hall–Kier alpha value is -2.04. The third-order valence-electron chi connectivity index (χ3n) is 6.27. The Labute approximate surface area is 184 Å². The summed E-state index contributed by atoms with van der Waals surface area (Å²) in [5, 5.41) is 21.3. The molecule has 0 radical (unpaired) electrons. The summed E-state index contributed by atoms with van der Waals surface area (Å²) in [6.07, 6.45) is 2.17. The van der Waals surface area contributed by atoms with Gasteiger partial charge >= 0.3 is 0 Å². The molecule has 3 rings (SSSR count). The molecule has 2 fully saturated rings. The number of carbonyl (C=O) groups excluding carboxylic acids is 2. The van der Waals surface area contributed by atoms with Crippen molar-refractivity contribution in [2.45, 2.75) is 51.8 Å². The van der Waals surface area contributed by atoms with E-state index in [-0.39, 0.29) is 24.8 Å². The monoisotopic (exact) mass is 435 g/mol. The summed E-state index contributed by atoms with van der Waals surface area (Å²) in [7, 11) is 3.68. The fourth-order valence-electron chi connectivity index (χ4n) is 4.41. The van der Waals surface area contributed by atoms with E-state index in [1.54, 1.807) is 11.7 Å². The van der Waals surface area contributed by atoms with Gasteiger partial charge in [0.05, 0.1) is 11.8 Å². The van der Waals surface area contributed by atoms with Crippen molar-refractivity contribution in [1.82, 2.24) is 35.0 Å². The van der Waals surface area contributed by atoms with Gasteiger partial charge in [0.2, 0.25) is 11.8 Å². The summed E-state index contributed by atoms with van der Waals surface area (Å²) in [6, 6.07) is -1.28. The molecule has 2 amide bonds. The number of aliphatic hydroxyl groups is 1. The quantitative estimate of drug-likeness (QED) is 0.612. The highest BCUT2D eigenvalue weighted by Crippen LogP contribution is 2.34. The van der Waals surface area contributed by atoms with Gasteiger partial charge in [-0.25, -0.2) is 4.68 Å². The van der Waals surface area contributed by atoms with Gasteiger partial charge < -0.3 is 25.1 Å². The van der Waals surface area contributed by atoms with E-state index < -0.39 is 23.6 Å². The number of nitrogens with one attached hydrogen (secondary N) is 1. The molecule has 0 bridgehead atoms. The van der Waals surface area contributed by atoms with Crippen molar-refractivity contribution >= 4 is 11.8 Å². The number of aromatic nitrogens is 3. The van der Waals surface area contributed by atoms with Gasteiger partial charge in [-0.1, -0.05) is 26.0 Å². The van der Waals surface area contributed by atoms with E-state index in [1.165, 1.54) is 4.90 Å². The van der Waals surface area contributed by atoms with E-state index in [2.05, 4.69) is 32.5 Å². The van der Waals surface area contributed by atoms with Crippen molar-refractivity contribution in [2.24, 2.45) is 5.41 Å². The van der Waals surface area contributed by atoms with E-state index >= 15 is 0 Å². The predicted octanol–water partition coefficient (Wildman–Crippen LogP) is -0.637. The fraction of sp³-hybridized carbons (Fsp3) is 0.810. The summed E-state index contributed by atoms with van der Waals surface area (Å²) >= 11 is 0. The van der Waals surface area contributed by atoms with Crippen LogP contribution in [0.2, 0.25) is 0 Å². The minimum Gasteiger partial charge on any atom is -0.391 e. The van der Waals surface area contributed by atoms with Gasteiger partial charge in [-0.15, -0.1) is 5.10 Å². The molecule has 174 valence electrons. The lowest BCUT2D eigenvalue weighted by Crippen LogP contribution is -2.49. The van der Waals surface area contributed by atoms with Crippen molar-refractivity contribution in [3.05, 3.63) is 11.9 Å². The van der Waals surface area contributed by atoms with Crippen LogP contribution in [0, 0.1) is 5.41 Å². The van der Waals surface area contributed by atoms with Crippen molar-refractivity contribution in [3.8, 4) is 0 Å². The number of piperazine rings is 1. The Kier molecular flexibility index (Phi) is 7.33. The van der Waals surface area contributed by atoms with Crippen LogP contribution in [0.3, 0.4) is 0 Å². The fourth-order valence-corrected chi connectivity index (χ4v) is 4.41. The van der Waals surface area contributed by atoms with Gasteiger partial charge in [-0.3, -0.25) is 9.59 Å². The average molecular weight is 436 g/mol. The number of nitrogens with zero attached hydrogens (tertiary/aromatic N) is 6. The molecule has 10 heteroatoms. The largest absolute Gasteiger partial charge is 0.391 e. The van der Waals surface area contributed by atoms with Crippen LogP contribution in [0.5, 0.6) is 0 Å². The summed E-state index contributed by atoms with van der Waals surface area (Å²) in [6.45, 7) is 11.2. The minimum absolute atomic E-state index is 0.147. The van der Waals surface area contributed by atoms with Crippen LogP contribution in [0.25, 0.3) is 0 Å². The van der Waals surface area contributed by atoms with Gasteiger partial charge in [0.15, 0.2) is 0 Å². The molecule has 2 N–H and O–H groups in total. The summed E-state index contributed by atoms with van der Waals surface area (Å²) in [5.74, 6) is -0.475. The van der Waals surface area contributed by atoms with E-state index in [4.69, 9.17) is 0 Å². The molecule has 0 aromatic carbocycles. The number of likely N-dealkylation sites (tertiary alicyclic amines) is 1. The van der Waals surface area contributed by atoms with Crippen LogP contribution in [0.15, 0.2) is 6.20 Å². The first-order chi connectivity index (χ1) is 14.6. The smallest absolute Gasteiger partial charge is 0.248 e. The molecule has 0 unspecified atom stereocenters. The lowest BCUT2D eigenvalue weighted by atomic mass is 9.85. The van der Waals surface area contributed by atoms with E-state index in [0.29, 0.717) is 0 Å². The third-order valence-corrected chi connectivity index (χ3v) is 6.27. The Morgan fingerprint density at radius 2 is 1.94 bits per heavy atom. The van der Waals surface area contributed by atoms with Gasteiger partial charge in [-0.05, 0) is 12.5 Å². The topological polar surface area (TPSA) is 107 Å². The molecule has 31 heavy (non-hydrogen) atoms. The SMILES string of the molecule is CNC(=O)[C@@H]1C[C@@H](O)CN1C(=O)[C@@H](n1cc(CCN2CCN(C)CC2)nn1)C(C)(C)C. The maximum atomic E-state index is 13.5. The highest BCUT2D eigenvalue weighted by atomic mass is 16.3. The minimum atomic E-state index is -0.707. The second-order valence-corrected chi connectivity index (χ2v) is 9.86. The first-order valence-electron chi connectivity index (χ1n) is 11.1. The molecule has 3 atom stereocenters. The molecule has 3 heterocycles. The first kappa shape index (κ1) is 23.6. The normalized spacial score (nSPS) is 24.4. The first-order valence-corrected chi connectivity index (χ1v) is 11.1. The summed E-state index contributed by atoms with van der Waals surface area (Å²) < 4.78 is 1.63. The lowest BCUT2D eigenvalue weighted by Gasteiger charge is -2.34. The van der Waals surface area contributed by atoms with Crippen LogP contribution in [0.4, 0.5) is 0 Å². The molecular formula is C21H37N7O3. The van der Waals surface area contributed by atoms with Crippen LogP contribution in [-0.4, -0.2) is 112 Å². The molecule has 0 aliphatic carbocycles. The Morgan fingerprint density at radius 1 is 1.26 bits per heavy atom. The second kappa shape index (κ2) is 9.62. The summed E-state index contributed by atoms with van der Waals surface area (Å²) in [4.78, 5) is 32.1. The molecular weight excluding hydrogens is 398 g/mol. The van der Waals surface area contributed by atoms with Crippen molar-refractivity contribution in [1.29, 1.82) is 0 Å². The van der Waals surface area contributed by atoms with Crippen molar-refractivity contribution < 1.29 is 14.7 Å². The number of carbonyl (C=O) groups is 2. The zero-order valence-corrected chi connectivity index (χ0v) is 19.4. The van der Waals surface area contributed by atoms with Crippen LogP contribution >= 0.6 is 0 Å². The Balaban J connectivity index is 1.73. The summed E-state index contributed by atoms with van der Waals surface area (Å²) in [5.41, 5.74) is 0.408. The van der Waals surface area contributed by atoms with Gasteiger partial charge in [0.25, 0.3) is 0 Å².